The molecule has 0 aliphatic rings. The van der Waals surface area contributed by atoms with Gasteiger partial charge in [-0.15, -0.1) is 0 Å². The summed E-state index contributed by atoms with van der Waals surface area (Å²) < 4.78 is 33.1. The Kier molecular flexibility index (Phi) is 5.10. The number of carbonyl (C=O) groups excluding carboxylic acids is 1. The van der Waals surface area contributed by atoms with Gasteiger partial charge in [-0.25, -0.2) is 8.42 Å². The number of nitrogens with two attached hydrogens (primary N) is 1. The molecule has 1 aromatic heterocycles. The molecule has 1 amide bonds. The SMILES string of the molecule is COc1ccc(N)c(NC(=O)C(C)NS(=O)(=O)c2cnn(C)c2)c1. The Hall–Kier alpha value is -2.59. The Balaban J connectivity index is 2.10. The van der Waals surface area contributed by atoms with Gasteiger partial charge in [-0.1, -0.05) is 0 Å². The van der Waals surface area contributed by atoms with E-state index in [1.807, 2.05) is 0 Å². The van der Waals surface area contributed by atoms with Crippen molar-refractivity contribution in [3.63, 3.8) is 0 Å². The maximum absolute atomic E-state index is 12.2. The monoisotopic (exact) mass is 353 g/mol. The molecule has 2 aromatic rings. The first-order valence-corrected chi connectivity index (χ1v) is 8.46. The molecule has 1 atom stereocenters. The minimum absolute atomic E-state index is 0.0226. The summed E-state index contributed by atoms with van der Waals surface area (Å²) in [6, 6.07) is 3.77. The molecule has 130 valence electrons. The number of sulfonamides is 1. The van der Waals surface area contributed by atoms with E-state index < -0.39 is 22.0 Å². The minimum atomic E-state index is -3.85. The first-order chi connectivity index (χ1) is 11.2. The molecule has 4 N–H and O–H groups in total. The summed E-state index contributed by atoms with van der Waals surface area (Å²) in [5.74, 6) is -0.0366. The highest BCUT2D eigenvalue weighted by Crippen LogP contribution is 2.24. The van der Waals surface area contributed by atoms with E-state index in [4.69, 9.17) is 10.5 Å². The highest BCUT2D eigenvalue weighted by molar-refractivity contribution is 7.89. The summed E-state index contributed by atoms with van der Waals surface area (Å²) in [5.41, 5.74) is 6.47. The van der Waals surface area contributed by atoms with E-state index in [1.54, 1.807) is 25.2 Å². The number of ether oxygens (including phenoxy) is 1. The van der Waals surface area contributed by atoms with Crippen LogP contribution in [-0.2, 0) is 21.9 Å². The smallest absolute Gasteiger partial charge is 0.244 e. The molecule has 24 heavy (non-hydrogen) atoms. The average Bonchev–Trinajstić information content (AvgIpc) is 2.96. The summed E-state index contributed by atoms with van der Waals surface area (Å²) in [6.45, 7) is 1.43. The fourth-order valence-corrected chi connectivity index (χ4v) is 3.09. The van der Waals surface area contributed by atoms with Crippen LogP contribution < -0.4 is 20.5 Å². The molecule has 0 bridgehead atoms. The summed E-state index contributed by atoms with van der Waals surface area (Å²) >= 11 is 0. The van der Waals surface area contributed by atoms with Crippen LogP contribution in [0.15, 0.2) is 35.5 Å². The van der Waals surface area contributed by atoms with Gasteiger partial charge >= 0.3 is 0 Å². The summed E-state index contributed by atoms with van der Waals surface area (Å²) in [7, 11) is -0.763. The van der Waals surface area contributed by atoms with Gasteiger partial charge < -0.3 is 15.8 Å². The molecule has 0 spiro atoms. The van der Waals surface area contributed by atoms with Crippen LogP contribution in [0.3, 0.4) is 0 Å². The average molecular weight is 353 g/mol. The van der Waals surface area contributed by atoms with Crippen molar-refractivity contribution in [3.05, 3.63) is 30.6 Å². The van der Waals surface area contributed by atoms with Gasteiger partial charge in [0.1, 0.15) is 10.6 Å². The van der Waals surface area contributed by atoms with Crippen LogP contribution in [0.1, 0.15) is 6.92 Å². The lowest BCUT2D eigenvalue weighted by atomic mass is 10.2. The van der Waals surface area contributed by atoms with Crippen molar-refractivity contribution >= 4 is 27.3 Å². The van der Waals surface area contributed by atoms with Gasteiger partial charge in [-0.3, -0.25) is 9.48 Å². The number of rotatable bonds is 6. The maximum Gasteiger partial charge on any atom is 0.244 e. The standard InChI is InChI=1S/C14H19N5O4S/c1-9(18-24(21,22)11-7-16-19(2)8-11)14(20)17-13-6-10(23-3)4-5-12(13)15/h4-9,18H,15H2,1-3H3,(H,17,20). The van der Waals surface area contributed by atoms with Crippen LogP contribution in [0, 0.1) is 0 Å². The van der Waals surface area contributed by atoms with E-state index in [0.29, 0.717) is 17.1 Å². The lowest BCUT2D eigenvalue weighted by Crippen LogP contribution is -2.41. The van der Waals surface area contributed by atoms with E-state index in [1.165, 1.54) is 31.1 Å². The summed E-state index contributed by atoms with van der Waals surface area (Å²) in [4.78, 5) is 12.2. The highest BCUT2D eigenvalue weighted by atomic mass is 32.2. The number of aryl methyl sites for hydroxylation is 1. The fourth-order valence-electron chi connectivity index (χ4n) is 1.90. The number of nitrogens with one attached hydrogen (secondary N) is 2. The molecular weight excluding hydrogens is 334 g/mol. The van der Waals surface area contributed by atoms with Crippen LogP contribution in [0.4, 0.5) is 11.4 Å². The number of benzene rings is 1. The van der Waals surface area contributed by atoms with Crippen LogP contribution in [-0.4, -0.2) is 37.3 Å². The minimum Gasteiger partial charge on any atom is -0.497 e. The van der Waals surface area contributed by atoms with Gasteiger partial charge in [-0.05, 0) is 19.1 Å². The number of amides is 1. The molecule has 0 aliphatic heterocycles. The van der Waals surface area contributed by atoms with Gasteiger partial charge in [0.25, 0.3) is 0 Å². The molecule has 2 rings (SSSR count). The number of hydrogen-bond acceptors (Lipinski definition) is 6. The van der Waals surface area contributed by atoms with E-state index >= 15 is 0 Å². The molecule has 0 radical (unpaired) electrons. The van der Waals surface area contributed by atoms with Gasteiger partial charge in [0.05, 0.1) is 30.7 Å². The van der Waals surface area contributed by atoms with Crippen molar-refractivity contribution in [3.8, 4) is 5.75 Å². The van der Waals surface area contributed by atoms with Crippen molar-refractivity contribution in [2.75, 3.05) is 18.2 Å². The second-order valence-electron chi connectivity index (χ2n) is 5.14. The van der Waals surface area contributed by atoms with Gasteiger partial charge in [-0.2, -0.15) is 9.82 Å². The number of hydrogen-bond donors (Lipinski definition) is 3. The number of anilines is 2. The quantitative estimate of drug-likeness (QED) is 0.642. The first kappa shape index (κ1) is 17.8. The van der Waals surface area contributed by atoms with Crippen LogP contribution in [0.25, 0.3) is 0 Å². The summed E-state index contributed by atoms with van der Waals surface area (Å²) in [6.07, 6.45) is 2.54. The number of methoxy groups -OCH3 is 1. The zero-order valence-corrected chi connectivity index (χ0v) is 14.3. The van der Waals surface area contributed by atoms with Crippen molar-refractivity contribution < 1.29 is 17.9 Å². The Morgan fingerprint density at radius 2 is 2.12 bits per heavy atom. The second-order valence-corrected chi connectivity index (χ2v) is 6.85. The first-order valence-electron chi connectivity index (χ1n) is 6.98. The lowest BCUT2D eigenvalue weighted by molar-refractivity contribution is -0.117. The Labute approximate surface area is 139 Å². The van der Waals surface area contributed by atoms with Crippen LogP contribution in [0.5, 0.6) is 5.75 Å². The second kappa shape index (κ2) is 6.89. The number of aromatic nitrogens is 2. The lowest BCUT2D eigenvalue weighted by Gasteiger charge is -2.15. The zero-order chi connectivity index (χ0) is 17.9. The topological polar surface area (TPSA) is 128 Å². The number of nitrogens with zero attached hydrogens (tertiary/aromatic N) is 2. The highest BCUT2D eigenvalue weighted by Gasteiger charge is 2.23. The maximum atomic E-state index is 12.2. The van der Waals surface area contributed by atoms with Crippen molar-refractivity contribution in [1.82, 2.24) is 14.5 Å². The van der Waals surface area contributed by atoms with Crippen LogP contribution >= 0.6 is 0 Å². The molecular formula is C14H19N5O4S. The van der Waals surface area contributed by atoms with E-state index in [0.717, 1.165) is 0 Å². The Morgan fingerprint density at radius 3 is 2.71 bits per heavy atom. The van der Waals surface area contributed by atoms with Crippen molar-refractivity contribution in [2.24, 2.45) is 7.05 Å². The normalized spacial score (nSPS) is 12.6. The predicted octanol–water partition coefficient (Wildman–Crippen LogP) is 0.316. The largest absolute Gasteiger partial charge is 0.497 e. The van der Waals surface area contributed by atoms with Gasteiger partial charge in [0.15, 0.2) is 0 Å². The third-order valence-corrected chi connectivity index (χ3v) is 4.73. The van der Waals surface area contributed by atoms with Crippen LogP contribution in [0.2, 0.25) is 0 Å². The van der Waals surface area contributed by atoms with Gasteiger partial charge in [0, 0.05) is 19.3 Å². The van der Waals surface area contributed by atoms with E-state index in [9.17, 15) is 13.2 Å². The fraction of sp³-hybridized carbons (Fsp3) is 0.286. The molecule has 1 unspecified atom stereocenters. The van der Waals surface area contributed by atoms with Gasteiger partial charge in [0.2, 0.25) is 15.9 Å². The number of carbonyl (C=O) groups is 1. The van der Waals surface area contributed by atoms with E-state index in [-0.39, 0.29) is 4.90 Å². The number of nitrogen functional groups attached to an aromatic ring is 1. The molecule has 0 saturated carbocycles. The zero-order valence-electron chi connectivity index (χ0n) is 13.5. The third kappa shape index (κ3) is 4.03. The molecule has 0 fully saturated rings. The van der Waals surface area contributed by atoms with E-state index in [2.05, 4.69) is 15.1 Å². The molecule has 1 heterocycles. The molecule has 0 aliphatic carbocycles. The Bertz CT molecular complexity index is 847. The molecule has 0 saturated heterocycles. The Morgan fingerprint density at radius 1 is 1.42 bits per heavy atom. The molecule has 10 heteroatoms. The predicted molar refractivity (Wildman–Crippen MR) is 89.0 cm³/mol. The molecule has 1 aromatic carbocycles. The molecule has 9 nitrogen and oxygen atoms in total. The van der Waals surface area contributed by atoms with Crippen molar-refractivity contribution in [2.45, 2.75) is 17.9 Å². The third-order valence-electron chi connectivity index (χ3n) is 3.24. The summed E-state index contributed by atoms with van der Waals surface area (Å²) in [5, 5.41) is 6.37. The van der Waals surface area contributed by atoms with Crippen molar-refractivity contribution in [1.29, 1.82) is 0 Å².